The molecule has 3 nitrogen and oxygen atoms in total. The number of hydrogen-bond acceptors (Lipinski definition) is 3. The van der Waals surface area contributed by atoms with Crippen LogP contribution in [-0.4, -0.2) is 31.6 Å². The van der Waals surface area contributed by atoms with Gasteiger partial charge in [0.05, 0.1) is 6.61 Å². The molecule has 1 aliphatic rings. The van der Waals surface area contributed by atoms with Crippen LogP contribution in [0.1, 0.15) is 49.3 Å². The fraction of sp³-hybridized carbons (Fsp3) is 0.647. The van der Waals surface area contributed by atoms with Crippen molar-refractivity contribution in [2.75, 3.05) is 26.7 Å². The molecule has 0 aliphatic carbocycles. The predicted molar refractivity (Wildman–Crippen MR) is 83.6 cm³/mol. The third kappa shape index (κ3) is 4.30. The molecule has 1 atom stereocenters. The summed E-state index contributed by atoms with van der Waals surface area (Å²) in [6, 6.07) is 9.05. The number of methoxy groups -OCH3 is 1. The first kappa shape index (κ1) is 15.5. The van der Waals surface area contributed by atoms with E-state index >= 15 is 0 Å². The van der Waals surface area contributed by atoms with E-state index in [2.05, 4.69) is 29.2 Å². The zero-order valence-electron chi connectivity index (χ0n) is 12.7. The molecule has 0 saturated carbocycles. The normalized spacial score (nSPS) is 19.3. The highest BCUT2D eigenvalue weighted by molar-refractivity contribution is 5.26. The summed E-state index contributed by atoms with van der Waals surface area (Å²) in [6.45, 7) is 3.72. The van der Waals surface area contributed by atoms with Gasteiger partial charge >= 0.3 is 0 Å². The molecule has 3 heteroatoms. The Kier molecular flexibility index (Phi) is 6.51. The molecular weight excluding hydrogens is 248 g/mol. The van der Waals surface area contributed by atoms with Gasteiger partial charge in [-0.05, 0) is 37.1 Å². The highest BCUT2D eigenvalue weighted by Gasteiger charge is 2.19. The Balaban J connectivity index is 2.10. The highest BCUT2D eigenvalue weighted by atomic mass is 16.5. The maximum Gasteiger partial charge on any atom is 0.0713 e. The molecule has 0 aromatic heterocycles. The minimum absolute atomic E-state index is 0.352. The van der Waals surface area contributed by atoms with Crippen LogP contribution in [0.3, 0.4) is 0 Å². The molecule has 1 fully saturated rings. The summed E-state index contributed by atoms with van der Waals surface area (Å²) in [5.41, 5.74) is 8.64. The van der Waals surface area contributed by atoms with E-state index in [1.54, 1.807) is 7.11 Å². The number of ether oxygens (including phenoxy) is 1. The van der Waals surface area contributed by atoms with Crippen molar-refractivity contribution in [2.24, 2.45) is 5.73 Å². The average molecular weight is 276 g/mol. The van der Waals surface area contributed by atoms with Crippen LogP contribution in [-0.2, 0) is 11.3 Å². The van der Waals surface area contributed by atoms with E-state index in [1.165, 1.54) is 56.3 Å². The van der Waals surface area contributed by atoms with E-state index in [0.29, 0.717) is 19.2 Å². The van der Waals surface area contributed by atoms with E-state index in [0.717, 1.165) is 0 Å². The van der Waals surface area contributed by atoms with Gasteiger partial charge in [-0.3, -0.25) is 4.90 Å². The zero-order valence-corrected chi connectivity index (χ0v) is 12.7. The van der Waals surface area contributed by atoms with Crippen molar-refractivity contribution >= 4 is 0 Å². The van der Waals surface area contributed by atoms with E-state index < -0.39 is 0 Å². The highest BCUT2D eigenvalue weighted by Crippen LogP contribution is 2.24. The Bertz CT molecular complexity index is 386. The Morgan fingerprint density at radius 2 is 1.85 bits per heavy atom. The lowest BCUT2D eigenvalue weighted by Crippen LogP contribution is -2.36. The van der Waals surface area contributed by atoms with Crippen LogP contribution in [0.15, 0.2) is 24.3 Å². The van der Waals surface area contributed by atoms with E-state index in [1.807, 2.05) is 0 Å². The van der Waals surface area contributed by atoms with Crippen LogP contribution >= 0.6 is 0 Å². The molecule has 20 heavy (non-hydrogen) atoms. The van der Waals surface area contributed by atoms with Crippen molar-refractivity contribution < 1.29 is 4.74 Å². The Morgan fingerprint density at radius 1 is 1.15 bits per heavy atom. The molecule has 1 aromatic rings. The first-order valence-corrected chi connectivity index (χ1v) is 7.87. The quantitative estimate of drug-likeness (QED) is 0.898. The largest absolute Gasteiger partial charge is 0.380 e. The zero-order chi connectivity index (χ0) is 14.2. The number of rotatable bonds is 5. The summed E-state index contributed by atoms with van der Waals surface area (Å²) in [6.07, 6.45) is 6.71. The summed E-state index contributed by atoms with van der Waals surface area (Å²) in [5, 5.41) is 0. The Hall–Kier alpha value is -0.900. The molecule has 2 rings (SSSR count). The monoisotopic (exact) mass is 276 g/mol. The molecular formula is C17H28N2O. The molecule has 1 unspecified atom stereocenters. The van der Waals surface area contributed by atoms with Gasteiger partial charge in [0, 0.05) is 19.7 Å². The van der Waals surface area contributed by atoms with Crippen LogP contribution in [0.4, 0.5) is 0 Å². The van der Waals surface area contributed by atoms with E-state index in [9.17, 15) is 0 Å². The third-order valence-corrected chi connectivity index (χ3v) is 4.20. The predicted octanol–water partition coefficient (Wildman–Crippen LogP) is 3.10. The third-order valence-electron chi connectivity index (χ3n) is 4.20. The molecule has 1 saturated heterocycles. The van der Waals surface area contributed by atoms with Crippen molar-refractivity contribution in [3.63, 3.8) is 0 Å². The first-order valence-electron chi connectivity index (χ1n) is 7.87. The van der Waals surface area contributed by atoms with Crippen LogP contribution in [0.2, 0.25) is 0 Å². The minimum Gasteiger partial charge on any atom is -0.380 e. The van der Waals surface area contributed by atoms with Crippen LogP contribution in [0.5, 0.6) is 0 Å². The minimum atomic E-state index is 0.352. The fourth-order valence-corrected chi connectivity index (χ4v) is 3.14. The number of likely N-dealkylation sites (tertiary alicyclic amines) is 1. The molecule has 0 spiro atoms. The van der Waals surface area contributed by atoms with Gasteiger partial charge in [0.15, 0.2) is 0 Å². The van der Waals surface area contributed by atoms with Crippen molar-refractivity contribution in [3.05, 3.63) is 35.4 Å². The lowest BCUT2D eigenvalue weighted by atomic mass is 10.00. The second kappa shape index (κ2) is 8.40. The maximum atomic E-state index is 6.08. The number of benzene rings is 1. The second-order valence-electron chi connectivity index (χ2n) is 5.73. The molecule has 112 valence electrons. The van der Waals surface area contributed by atoms with Crippen LogP contribution < -0.4 is 5.73 Å². The summed E-state index contributed by atoms with van der Waals surface area (Å²) < 4.78 is 5.23. The lowest BCUT2D eigenvalue weighted by Gasteiger charge is -2.32. The SMILES string of the molecule is COCc1cccc(C(CN)N2CCCCCCC2)c1. The Morgan fingerprint density at radius 3 is 2.50 bits per heavy atom. The van der Waals surface area contributed by atoms with Crippen LogP contribution in [0.25, 0.3) is 0 Å². The van der Waals surface area contributed by atoms with E-state index in [-0.39, 0.29) is 0 Å². The van der Waals surface area contributed by atoms with Crippen molar-refractivity contribution in [1.29, 1.82) is 0 Å². The molecule has 0 amide bonds. The summed E-state index contributed by atoms with van der Waals surface area (Å²) in [4.78, 5) is 2.57. The molecule has 0 radical (unpaired) electrons. The average Bonchev–Trinajstić information content (AvgIpc) is 2.42. The second-order valence-corrected chi connectivity index (χ2v) is 5.73. The summed E-state index contributed by atoms with van der Waals surface area (Å²) in [7, 11) is 1.74. The summed E-state index contributed by atoms with van der Waals surface area (Å²) >= 11 is 0. The smallest absolute Gasteiger partial charge is 0.0713 e. The lowest BCUT2D eigenvalue weighted by molar-refractivity contribution is 0.179. The van der Waals surface area contributed by atoms with Gasteiger partial charge < -0.3 is 10.5 Å². The van der Waals surface area contributed by atoms with Gasteiger partial charge in [-0.25, -0.2) is 0 Å². The number of nitrogens with two attached hydrogens (primary N) is 1. The molecule has 0 bridgehead atoms. The standard InChI is InChI=1S/C17H28N2O/c1-20-14-15-8-7-9-16(12-15)17(13-18)19-10-5-3-2-4-6-11-19/h7-9,12,17H,2-6,10-11,13-14,18H2,1H3. The van der Waals surface area contributed by atoms with Gasteiger partial charge in [-0.15, -0.1) is 0 Å². The molecule has 1 aliphatic heterocycles. The molecule has 1 heterocycles. The fourth-order valence-electron chi connectivity index (χ4n) is 3.14. The van der Waals surface area contributed by atoms with Gasteiger partial charge in [-0.2, -0.15) is 0 Å². The van der Waals surface area contributed by atoms with Gasteiger partial charge in [0.2, 0.25) is 0 Å². The van der Waals surface area contributed by atoms with Crippen LogP contribution in [0, 0.1) is 0 Å². The van der Waals surface area contributed by atoms with Crippen molar-refractivity contribution in [2.45, 2.75) is 44.8 Å². The maximum absolute atomic E-state index is 6.08. The van der Waals surface area contributed by atoms with Gasteiger partial charge in [0.1, 0.15) is 0 Å². The van der Waals surface area contributed by atoms with Crippen molar-refractivity contribution in [1.82, 2.24) is 4.90 Å². The molecule has 1 aromatic carbocycles. The first-order chi connectivity index (χ1) is 9.85. The van der Waals surface area contributed by atoms with E-state index in [4.69, 9.17) is 10.5 Å². The van der Waals surface area contributed by atoms with Crippen molar-refractivity contribution in [3.8, 4) is 0 Å². The van der Waals surface area contributed by atoms with Gasteiger partial charge in [-0.1, -0.05) is 43.5 Å². The molecule has 2 N–H and O–H groups in total. The number of hydrogen-bond donors (Lipinski definition) is 1. The number of nitrogens with zero attached hydrogens (tertiary/aromatic N) is 1. The van der Waals surface area contributed by atoms with Gasteiger partial charge in [0.25, 0.3) is 0 Å². The topological polar surface area (TPSA) is 38.5 Å². The summed E-state index contributed by atoms with van der Waals surface area (Å²) in [5.74, 6) is 0. The Labute approximate surface area is 123 Å².